The van der Waals surface area contributed by atoms with Gasteiger partial charge in [0.2, 0.25) is 0 Å². The van der Waals surface area contributed by atoms with Gasteiger partial charge in [-0.2, -0.15) is 11.8 Å². The topological polar surface area (TPSA) is 69.9 Å². The molecule has 4 nitrogen and oxygen atoms in total. The highest BCUT2D eigenvalue weighted by atomic mass is 32.2. The first-order valence-electron chi connectivity index (χ1n) is 3.31. The second-order valence-electron chi connectivity index (χ2n) is 2.23. The van der Waals surface area contributed by atoms with Gasteiger partial charge in [0.25, 0.3) is 0 Å². The van der Waals surface area contributed by atoms with Crippen LogP contribution in [0.15, 0.2) is 6.33 Å². The van der Waals surface area contributed by atoms with Gasteiger partial charge in [-0.3, -0.25) is 0 Å². The summed E-state index contributed by atoms with van der Waals surface area (Å²) in [7, 11) is 0. The van der Waals surface area contributed by atoms with Crippen LogP contribution in [0.3, 0.4) is 0 Å². The predicted molar refractivity (Wildman–Crippen MR) is 48.9 cm³/mol. The lowest BCUT2D eigenvalue weighted by Crippen LogP contribution is -2.10. The van der Waals surface area contributed by atoms with E-state index in [1.54, 1.807) is 11.8 Å². The molecule has 62 valence electrons. The van der Waals surface area contributed by atoms with E-state index in [9.17, 15) is 0 Å². The van der Waals surface area contributed by atoms with Gasteiger partial charge in [-0.15, -0.1) is 0 Å². The highest BCUT2D eigenvalue weighted by Gasteiger charge is 2.03. The molecule has 11 heavy (non-hydrogen) atoms. The Bertz CT molecular complexity index is 232. The maximum atomic E-state index is 5.61. The van der Waals surface area contributed by atoms with Crippen LogP contribution in [0.5, 0.6) is 0 Å². The van der Waals surface area contributed by atoms with Gasteiger partial charge in [0.15, 0.2) is 0 Å². The zero-order valence-electron chi connectivity index (χ0n) is 6.45. The maximum Gasteiger partial charge on any atom is 0.145 e. The van der Waals surface area contributed by atoms with Gasteiger partial charge >= 0.3 is 0 Å². The largest absolute Gasteiger partial charge is 0.382 e. The van der Waals surface area contributed by atoms with Crippen molar-refractivity contribution in [3.63, 3.8) is 0 Å². The average Bonchev–Trinajstić information content (AvgIpc) is 2.31. The molecule has 0 aliphatic heterocycles. The third-order valence-corrected chi connectivity index (χ3v) is 2.07. The van der Waals surface area contributed by atoms with Crippen LogP contribution in [0.4, 0.5) is 5.82 Å². The monoisotopic (exact) mass is 172 g/mol. The number of hydrogen-bond acceptors (Lipinski definition) is 4. The molecule has 0 amide bonds. The molecule has 0 saturated heterocycles. The van der Waals surface area contributed by atoms with Crippen molar-refractivity contribution in [3.8, 4) is 0 Å². The maximum absolute atomic E-state index is 5.61. The van der Waals surface area contributed by atoms with Crippen LogP contribution in [0, 0.1) is 0 Å². The highest BCUT2D eigenvalue weighted by Crippen LogP contribution is 2.09. The molecular formula is C6H12N4S. The Balaban J connectivity index is 2.63. The van der Waals surface area contributed by atoms with Gasteiger partial charge in [0, 0.05) is 6.42 Å². The summed E-state index contributed by atoms with van der Waals surface area (Å²) in [4.78, 5) is 4.05. The Kier molecular flexibility index (Phi) is 2.64. The van der Waals surface area contributed by atoms with E-state index in [2.05, 4.69) is 11.2 Å². The van der Waals surface area contributed by atoms with E-state index >= 15 is 0 Å². The van der Waals surface area contributed by atoms with Crippen molar-refractivity contribution in [3.05, 3.63) is 12.0 Å². The minimum absolute atomic E-state index is 0.569. The second-order valence-corrected chi connectivity index (χ2v) is 3.21. The van der Waals surface area contributed by atoms with Crippen molar-refractivity contribution >= 4 is 17.6 Å². The lowest BCUT2D eigenvalue weighted by atomic mass is 10.3. The van der Waals surface area contributed by atoms with Crippen molar-refractivity contribution in [2.24, 2.45) is 0 Å². The molecule has 0 atom stereocenters. The van der Waals surface area contributed by atoms with Gasteiger partial charge in [-0.25, -0.2) is 9.66 Å². The van der Waals surface area contributed by atoms with Crippen molar-refractivity contribution in [1.82, 2.24) is 9.66 Å². The molecule has 5 heteroatoms. The van der Waals surface area contributed by atoms with Crippen LogP contribution in [-0.2, 0) is 6.42 Å². The van der Waals surface area contributed by atoms with Gasteiger partial charge in [-0.05, 0) is 12.0 Å². The van der Waals surface area contributed by atoms with Crippen LogP contribution in [0.25, 0.3) is 0 Å². The fourth-order valence-electron chi connectivity index (χ4n) is 0.801. The summed E-state index contributed by atoms with van der Waals surface area (Å²) in [5.74, 6) is 7.03. The number of imidazole rings is 1. The van der Waals surface area contributed by atoms with Crippen molar-refractivity contribution < 1.29 is 0 Å². The van der Waals surface area contributed by atoms with Crippen molar-refractivity contribution in [2.75, 3.05) is 23.6 Å². The summed E-state index contributed by atoms with van der Waals surface area (Å²) in [6, 6.07) is 0. The molecule has 1 aromatic rings. The lowest BCUT2D eigenvalue weighted by Gasteiger charge is -1.97. The van der Waals surface area contributed by atoms with E-state index in [-0.39, 0.29) is 0 Å². The third kappa shape index (κ3) is 1.80. The molecule has 0 bridgehead atoms. The predicted octanol–water partition coefficient (Wildman–Crippen LogP) is 0.0846. The van der Waals surface area contributed by atoms with Gasteiger partial charge in [0.1, 0.15) is 12.1 Å². The SMILES string of the molecule is CSCCc1ncn(N)c1N. The number of hydrogen-bond donors (Lipinski definition) is 2. The summed E-state index contributed by atoms with van der Waals surface area (Å²) < 4.78 is 1.34. The molecule has 1 rings (SSSR count). The van der Waals surface area contributed by atoms with E-state index in [0.717, 1.165) is 17.9 Å². The molecule has 1 heterocycles. The quantitative estimate of drug-likeness (QED) is 0.634. The molecule has 1 aromatic heterocycles. The fourth-order valence-corrected chi connectivity index (χ4v) is 1.20. The zero-order valence-corrected chi connectivity index (χ0v) is 7.27. The number of nitrogen functional groups attached to an aromatic ring is 2. The molecule has 0 unspecified atom stereocenters. The zero-order chi connectivity index (χ0) is 8.27. The Hall–Kier alpha value is -0.840. The molecule has 0 aliphatic rings. The Morgan fingerprint density at radius 3 is 2.91 bits per heavy atom. The summed E-state index contributed by atoms with van der Waals surface area (Å²) in [5, 5.41) is 0. The van der Waals surface area contributed by atoms with E-state index in [4.69, 9.17) is 11.6 Å². The van der Waals surface area contributed by atoms with Crippen LogP contribution in [-0.4, -0.2) is 21.7 Å². The molecule has 0 aliphatic carbocycles. The second kappa shape index (κ2) is 3.52. The number of nitrogens with zero attached hydrogens (tertiary/aromatic N) is 2. The van der Waals surface area contributed by atoms with E-state index < -0.39 is 0 Å². The average molecular weight is 172 g/mol. The standard InChI is InChI=1S/C6H12N4S/c1-11-3-2-5-6(7)10(8)4-9-5/h4H,2-3,7-8H2,1H3. The molecule has 4 N–H and O–H groups in total. The molecular weight excluding hydrogens is 160 g/mol. The molecule has 0 radical (unpaired) electrons. The summed E-state index contributed by atoms with van der Waals surface area (Å²) in [6.45, 7) is 0. The number of thioether (sulfide) groups is 1. The lowest BCUT2D eigenvalue weighted by molar-refractivity contribution is 1.01. The first kappa shape index (κ1) is 8.26. The summed E-state index contributed by atoms with van der Waals surface area (Å²) >= 11 is 1.77. The van der Waals surface area contributed by atoms with Crippen LogP contribution in [0.1, 0.15) is 5.69 Å². The van der Waals surface area contributed by atoms with Crippen molar-refractivity contribution in [2.45, 2.75) is 6.42 Å². The Morgan fingerprint density at radius 1 is 1.73 bits per heavy atom. The smallest absolute Gasteiger partial charge is 0.145 e. The molecule has 0 fully saturated rings. The third-order valence-electron chi connectivity index (χ3n) is 1.45. The number of aromatic nitrogens is 2. The van der Waals surface area contributed by atoms with E-state index in [1.807, 2.05) is 0 Å². The minimum atomic E-state index is 0.569. The number of rotatable bonds is 3. The molecule has 0 saturated carbocycles. The highest BCUT2D eigenvalue weighted by molar-refractivity contribution is 7.98. The van der Waals surface area contributed by atoms with Gasteiger partial charge < -0.3 is 11.6 Å². The van der Waals surface area contributed by atoms with Crippen LogP contribution < -0.4 is 11.6 Å². The minimum Gasteiger partial charge on any atom is -0.382 e. The van der Waals surface area contributed by atoms with E-state index in [1.165, 1.54) is 11.0 Å². The van der Waals surface area contributed by atoms with E-state index in [0.29, 0.717) is 5.82 Å². The summed E-state index contributed by atoms with van der Waals surface area (Å²) in [6.07, 6.45) is 4.47. The number of aryl methyl sites for hydroxylation is 1. The van der Waals surface area contributed by atoms with Gasteiger partial charge in [-0.1, -0.05) is 0 Å². The number of anilines is 1. The van der Waals surface area contributed by atoms with Crippen molar-refractivity contribution in [1.29, 1.82) is 0 Å². The summed E-state index contributed by atoms with van der Waals surface area (Å²) in [5.41, 5.74) is 6.50. The van der Waals surface area contributed by atoms with Gasteiger partial charge in [0.05, 0.1) is 5.69 Å². The van der Waals surface area contributed by atoms with Crippen LogP contribution in [0.2, 0.25) is 0 Å². The normalized spacial score (nSPS) is 10.3. The first-order chi connectivity index (χ1) is 5.25. The molecule has 0 aromatic carbocycles. The number of nitrogens with two attached hydrogens (primary N) is 2. The molecule has 0 spiro atoms. The Morgan fingerprint density at radius 2 is 2.45 bits per heavy atom. The van der Waals surface area contributed by atoms with Crippen LogP contribution >= 0.6 is 11.8 Å². The fraction of sp³-hybridized carbons (Fsp3) is 0.500. The Labute approximate surface area is 69.9 Å². The first-order valence-corrected chi connectivity index (χ1v) is 4.70.